The van der Waals surface area contributed by atoms with Gasteiger partial charge in [0.25, 0.3) is 5.56 Å². The Labute approximate surface area is 222 Å². The number of rotatable bonds is 1. The van der Waals surface area contributed by atoms with E-state index in [1.807, 2.05) is 6.07 Å². The zero-order valence-electron chi connectivity index (χ0n) is 20.9. The molecule has 40 heavy (non-hydrogen) atoms. The van der Waals surface area contributed by atoms with Crippen LogP contribution in [0.15, 0.2) is 16.9 Å². The Morgan fingerprint density at radius 2 is 1.93 bits per heavy atom. The van der Waals surface area contributed by atoms with E-state index < -0.39 is 23.7 Å². The first-order chi connectivity index (χ1) is 18.9. The van der Waals surface area contributed by atoms with Crippen molar-refractivity contribution in [2.75, 3.05) is 6.79 Å². The van der Waals surface area contributed by atoms with Gasteiger partial charge in [0, 0.05) is 34.2 Å². The van der Waals surface area contributed by atoms with Crippen molar-refractivity contribution in [3.63, 3.8) is 0 Å². The largest absolute Gasteiger partial charge is 0.490 e. The van der Waals surface area contributed by atoms with Crippen molar-refractivity contribution < 1.29 is 47.2 Å². The summed E-state index contributed by atoms with van der Waals surface area (Å²) < 4.78 is 49.9. The highest BCUT2D eigenvalue weighted by molar-refractivity contribution is 5.95. The molecule has 3 aromatic rings. The molecule has 2 aromatic heterocycles. The number of carboxylic acid groups (broad SMARTS) is 1. The van der Waals surface area contributed by atoms with E-state index in [1.54, 1.807) is 17.6 Å². The minimum Gasteiger partial charge on any atom is -0.475 e. The topological polar surface area (TPSA) is 163 Å². The highest BCUT2D eigenvalue weighted by Gasteiger charge is 2.46. The number of carbonyl (C=O) groups is 2. The molecule has 14 heteroatoms. The number of halogens is 3. The summed E-state index contributed by atoms with van der Waals surface area (Å²) in [5.74, 6) is -2.08. The fourth-order valence-corrected chi connectivity index (χ4v) is 5.83. The number of pyridine rings is 2. The van der Waals surface area contributed by atoms with Crippen LogP contribution in [0, 0.1) is 0 Å². The molecule has 1 aromatic carbocycles. The molecule has 0 fully saturated rings. The highest BCUT2D eigenvalue weighted by atomic mass is 19.4. The standard InChI is InChI=1S/C24H21N3O6.C2HF3O2/c1-2-24(30)13-5-16-20-11(7-27(16)22(28)12(13)8-31-23(24)29)18-14(25)4-3-10-19(18)15(26-20)6-17-21(10)33-9-32-17;3-2(4,5)1(6)7/h5-6,14,30H,2-4,7-9,25H2,1H3;(H,6,7)/t14-,24-;/m0./s1. The normalized spacial score (nSPS) is 21.6. The molecule has 0 bridgehead atoms. The van der Waals surface area contributed by atoms with Crippen molar-refractivity contribution >= 4 is 22.8 Å². The highest BCUT2D eigenvalue weighted by Crippen LogP contribution is 2.49. The maximum atomic E-state index is 13.5. The van der Waals surface area contributed by atoms with Crippen molar-refractivity contribution in [1.82, 2.24) is 9.55 Å². The molecule has 2 atom stereocenters. The third kappa shape index (κ3) is 3.59. The minimum absolute atomic E-state index is 0.0999. The second-order valence-corrected chi connectivity index (χ2v) is 9.89. The number of esters is 1. The molecule has 0 saturated heterocycles. The van der Waals surface area contributed by atoms with E-state index in [0.29, 0.717) is 34.8 Å². The Morgan fingerprint density at radius 3 is 2.60 bits per heavy atom. The van der Waals surface area contributed by atoms with E-state index in [2.05, 4.69) is 0 Å². The minimum atomic E-state index is -5.08. The molecule has 1 aliphatic carbocycles. The van der Waals surface area contributed by atoms with Crippen LogP contribution < -0.4 is 20.8 Å². The summed E-state index contributed by atoms with van der Waals surface area (Å²) in [6.07, 6.45) is -3.47. The molecule has 5 heterocycles. The SMILES string of the molecule is CC[C@@]1(O)C(=O)OCc2c1cc1n(c2=O)Cc2c-1nc1cc3c(c4c1c2[C@@H](N)CC4)OCO3.O=C(O)C(F)(F)F. The Bertz CT molecular complexity index is 1700. The lowest BCUT2D eigenvalue weighted by atomic mass is 9.83. The second-order valence-electron chi connectivity index (χ2n) is 9.89. The molecule has 4 N–H and O–H groups in total. The van der Waals surface area contributed by atoms with Gasteiger partial charge in [0.2, 0.25) is 6.79 Å². The number of aliphatic hydroxyl groups is 1. The number of nitrogens with two attached hydrogens (primary N) is 1. The second kappa shape index (κ2) is 8.66. The lowest BCUT2D eigenvalue weighted by molar-refractivity contribution is -0.192. The van der Waals surface area contributed by atoms with Crippen LogP contribution >= 0.6 is 0 Å². The van der Waals surface area contributed by atoms with E-state index in [4.69, 9.17) is 34.8 Å². The first kappa shape index (κ1) is 26.1. The van der Waals surface area contributed by atoms with Crippen molar-refractivity contribution in [3.8, 4) is 22.9 Å². The number of nitrogens with zero attached hydrogens (tertiary/aromatic N) is 2. The van der Waals surface area contributed by atoms with Gasteiger partial charge in [-0.05, 0) is 30.9 Å². The molecule has 0 saturated carbocycles. The maximum Gasteiger partial charge on any atom is 0.490 e. The molecule has 0 radical (unpaired) electrons. The number of aromatic nitrogens is 2. The van der Waals surface area contributed by atoms with Gasteiger partial charge in [-0.3, -0.25) is 4.79 Å². The number of hydrogen-bond donors (Lipinski definition) is 3. The quantitative estimate of drug-likeness (QED) is 0.294. The predicted octanol–water partition coefficient (Wildman–Crippen LogP) is 2.39. The van der Waals surface area contributed by atoms with Crippen LogP contribution in [0.3, 0.4) is 0 Å². The summed E-state index contributed by atoms with van der Waals surface area (Å²) in [5.41, 5.74) is 9.98. The third-order valence-corrected chi connectivity index (χ3v) is 7.77. The number of aryl methyl sites for hydroxylation is 1. The van der Waals surface area contributed by atoms with Gasteiger partial charge in [0.1, 0.15) is 6.61 Å². The van der Waals surface area contributed by atoms with Gasteiger partial charge in [0.05, 0.1) is 29.0 Å². The first-order valence-electron chi connectivity index (χ1n) is 12.4. The summed E-state index contributed by atoms with van der Waals surface area (Å²) in [6.45, 7) is 2.04. The van der Waals surface area contributed by atoms with Crippen LogP contribution in [0.25, 0.3) is 22.3 Å². The van der Waals surface area contributed by atoms with E-state index >= 15 is 0 Å². The van der Waals surface area contributed by atoms with Crippen LogP contribution in [0.1, 0.15) is 53.6 Å². The van der Waals surface area contributed by atoms with Crippen molar-refractivity contribution in [2.45, 2.75) is 57.2 Å². The Balaban J connectivity index is 0.000000370. The van der Waals surface area contributed by atoms with Crippen LogP contribution in [0.4, 0.5) is 13.2 Å². The Hall–Kier alpha value is -4.17. The number of carboxylic acids is 1. The lowest BCUT2D eigenvalue weighted by Crippen LogP contribution is -2.44. The number of aliphatic carboxylic acids is 1. The van der Waals surface area contributed by atoms with Crippen LogP contribution in [0.2, 0.25) is 0 Å². The van der Waals surface area contributed by atoms with Gasteiger partial charge < -0.3 is 34.7 Å². The monoisotopic (exact) mass is 561 g/mol. The number of hydrogen-bond acceptors (Lipinski definition) is 9. The molecule has 0 amide bonds. The molecule has 0 spiro atoms. The smallest absolute Gasteiger partial charge is 0.475 e. The molecule has 0 unspecified atom stereocenters. The molecule has 210 valence electrons. The Kier molecular flexibility index (Phi) is 5.65. The van der Waals surface area contributed by atoms with E-state index in [0.717, 1.165) is 46.2 Å². The van der Waals surface area contributed by atoms with E-state index in [1.165, 1.54) is 0 Å². The molecular weight excluding hydrogens is 539 g/mol. The summed E-state index contributed by atoms with van der Waals surface area (Å²) in [5, 5.41) is 19.2. The van der Waals surface area contributed by atoms with E-state index in [-0.39, 0.29) is 31.4 Å². The number of ether oxygens (including phenoxy) is 3. The third-order valence-electron chi connectivity index (χ3n) is 7.77. The molecule has 7 rings (SSSR count). The number of benzene rings is 1. The zero-order valence-corrected chi connectivity index (χ0v) is 20.9. The van der Waals surface area contributed by atoms with Crippen LogP contribution in [-0.2, 0) is 39.5 Å². The van der Waals surface area contributed by atoms with Crippen molar-refractivity contribution in [2.24, 2.45) is 5.73 Å². The van der Waals surface area contributed by atoms with Gasteiger partial charge in [-0.1, -0.05) is 6.92 Å². The van der Waals surface area contributed by atoms with Gasteiger partial charge >= 0.3 is 18.1 Å². The van der Waals surface area contributed by atoms with Gasteiger partial charge in [-0.25, -0.2) is 14.6 Å². The number of fused-ring (bicyclic) bond motifs is 7. The van der Waals surface area contributed by atoms with Gasteiger partial charge in [0.15, 0.2) is 17.1 Å². The van der Waals surface area contributed by atoms with Crippen molar-refractivity contribution in [1.29, 1.82) is 0 Å². The average Bonchev–Trinajstić information content (AvgIpc) is 3.52. The fourth-order valence-electron chi connectivity index (χ4n) is 5.83. The summed E-state index contributed by atoms with van der Waals surface area (Å²) in [6, 6.07) is 3.39. The van der Waals surface area contributed by atoms with Crippen molar-refractivity contribution in [3.05, 3.63) is 50.3 Å². The first-order valence-corrected chi connectivity index (χ1v) is 12.4. The Morgan fingerprint density at radius 1 is 1.20 bits per heavy atom. The number of alkyl halides is 3. The molecule has 11 nitrogen and oxygen atoms in total. The van der Waals surface area contributed by atoms with Crippen LogP contribution in [-0.4, -0.2) is 44.7 Å². The average molecular weight is 561 g/mol. The lowest BCUT2D eigenvalue weighted by Gasteiger charge is -2.31. The predicted molar refractivity (Wildman–Crippen MR) is 130 cm³/mol. The fraction of sp³-hybridized carbons (Fsp3) is 0.385. The summed E-state index contributed by atoms with van der Waals surface area (Å²) >= 11 is 0. The zero-order chi connectivity index (χ0) is 28.7. The van der Waals surface area contributed by atoms with Gasteiger partial charge in [-0.2, -0.15) is 13.2 Å². The van der Waals surface area contributed by atoms with Gasteiger partial charge in [-0.15, -0.1) is 0 Å². The maximum absolute atomic E-state index is 13.5. The van der Waals surface area contributed by atoms with Crippen LogP contribution in [0.5, 0.6) is 11.5 Å². The number of carbonyl (C=O) groups excluding carboxylic acids is 1. The number of cyclic esters (lactones) is 1. The summed E-state index contributed by atoms with van der Waals surface area (Å²) in [4.78, 5) is 39.7. The molecule has 4 aliphatic rings. The summed E-state index contributed by atoms with van der Waals surface area (Å²) in [7, 11) is 0. The molecular formula is C26H22F3N3O8. The van der Waals surface area contributed by atoms with E-state index in [9.17, 15) is 27.9 Å². The molecule has 3 aliphatic heterocycles.